The maximum absolute atomic E-state index is 10.1. The van der Waals surface area contributed by atoms with Crippen LogP contribution in [0.25, 0.3) is 110 Å². The number of hydrogen-bond acceptors (Lipinski definition) is 5. The average Bonchev–Trinajstić information content (AvgIpc) is 4.23. The van der Waals surface area contributed by atoms with Gasteiger partial charge >= 0.3 is 0 Å². The fraction of sp³-hybridized carbons (Fsp3) is 0. The molecule has 0 bridgehead atoms. The van der Waals surface area contributed by atoms with Crippen LogP contribution in [0.2, 0.25) is 0 Å². The van der Waals surface area contributed by atoms with Gasteiger partial charge in [0.1, 0.15) is 11.2 Å². The third-order valence-electron chi connectivity index (χ3n) is 15.7. The summed E-state index contributed by atoms with van der Waals surface area (Å²) >= 11 is 1.78. The summed E-state index contributed by atoms with van der Waals surface area (Å²) in [5.74, 6) is 0. The van der Waals surface area contributed by atoms with Gasteiger partial charge < -0.3 is 18.6 Å². The standard InChI is InChI=1S/C74H46N2O2S/c1-3-18-48(19-4-1)54-22-7-11-29-64(54)75(66-31-15-27-60-56-24-9-13-33-68(56)77-73(60)66)52-40-38-47(39-41-52)50-36-37-51-45-63-58-43-42-53(46-71(58)79-70-35-17-26-59(72(63)70)62(51)44-50)76(65-30-12-8-23-55(65)49-20-5-2-6-21-49)67-32-16-28-61-57-25-10-14-34-69(57)78-74(61)67/h1-46H/i45D. The van der Waals surface area contributed by atoms with Crippen LogP contribution in [0.1, 0.15) is 1.37 Å². The van der Waals surface area contributed by atoms with E-state index < -0.39 is 0 Å². The molecular weight excluding hydrogens is 981 g/mol. The normalized spacial score (nSPS) is 12.2. The van der Waals surface area contributed by atoms with Crippen LogP contribution in [-0.2, 0) is 0 Å². The van der Waals surface area contributed by atoms with Crippen molar-refractivity contribution >= 4 is 111 Å². The summed E-state index contributed by atoms with van der Waals surface area (Å²) < 4.78 is 23.6. The molecule has 15 aromatic rings. The fourth-order valence-electron chi connectivity index (χ4n) is 12.1. The average molecular weight is 1030 g/mol. The number of anilines is 6. The molecule has 0 fully saturated rings. The summed E-state index contributed by atoms with van der Waals surface area (Å²) in [5.41, 5.74) is 18.1. The van der Waals surface area contributed by atoms with Crippen molar-refractivity contribution in [2.45, 2.75) is 9.79 Å². The predicted octanol–water partition coefficient (Wildman–Crippen LogP) is 21.9. The van der Waals surface area contributed by atoms with Crippen LogP contribution < -0.4 is 9.80 Å². The highest BCUT2D eigenvalue weighted by atomic mass is 32.2. The minimum Gasteiger partial charge on any atom is -0.454 e. The van der Waals surface area contributed by atoms with Gasteiger partial charge in [0.2, 0.25) is 0 Å². The lowest BCUT2D eigenvalue weighted by Crippen LogP contribution is -2.12. The number of benzene rings is 13. The quantitative estimate of drug-likeness (QED) is 0.135. The Morgan fingerprint density at radius 2 is 0.797 bits per heavy atom. The van der Waals surface area contributed by atoms with Crippen LogP contribution in [0.3, 0.4) is 0 Å². The molecule has 5 heteroatoms. The third-order valence-corrected chi connectivity index (χ3v) is 16.8. The monoisotopic (exact) mass is 1030 g/mol. The molecule has 0 radical (unpaired) electrons. The first-order valence-electron chi connectivity index (χ1n) is 27.2. The van der Waals surface area contributed by atoms with Gasteiger partial charge in [-0.3, -0.25) is 0 Å². The maximum atomic E-state index is 10.1. The van der Waals surface area contributed by atoms with Crippen LogP contribution in [0.15, 0.2) is 298 Å². The van der Waals surface area contributed by atoms with Gasteiger partial charge in [0.05, 0.1) is 24.1 Å². The van der Waals surface area contributed by atoms with Crippen molar-refractivity contribution in [3.8, 4) is 44.5 Å². The van der Waals surface area contributed by atoms with E-state index in [4.69, 9.17) is 8.83 Å². The van der Waals surface area contributed by atoms with Crippen molar-refractivity contribution in [2.24, 2.45) is 0 Å². The minimum atomic E-state index is 0.530. The number of rotatable bonds is 9. The molecule has 0 spiro atoms. The Bertz CT molecular complexity index is 4950. The predicted molar refractivity (Wildman–Crippen MR) is 331 cm³/mol. The second-order valence-corrected chi connectivity index (χ2v) is 21.3. The van der Waals surface area contributed by atoms with Gasteiger partial charge in [0.25, 0.3) is 0 Å². The highest BCUT2D eigenvalue weighted by Crippen LogP contribution is 2.54. The first kappa shape index (κ1) is 44.1. The lowest BCUT2D eigenvalue weighted by molar-refractivity contribution is 0.668. The zero-order chi connectivity index (χ0) is 52.8. The molecule has 0 saturated carbocycles. The molecule has 0 aliphatic carbocycles. The molecule has 0 N–H and O–H groups in total. The van der Waals surface area contributed by atoms with E-state index in [2.05, 4.69) is 259 Å². The molecule has 0 atom stereocenters. The summed E-state index contributed by atoms with van der Waals surface area (Å²) in [6.45, 7) is 0. The number of fused-ring (bicyclic) bond motifs is 10. The molecule has 1 aliphatic rings. The summed E-state index contributed by atoms with van der Waals surface area (Å²) in [4.78, 5) is 6.92. The Hall–Kier alpha value is -10.1. The minimum absolute atomic E-state index is 0.530. The number of nitrogens with zero attached hydrogens (tertiary/aromatic N) is 2. The SMILES string of the molecule is [2H]c1c2c3c(cccc3c3cc(-c4ccc(N(c5ccccc5-c5ccccc5)c5cccc6c5oc5ccccc56)cc4)ccc13)Sc1cc(N(c3ccccc3-c3ccccc3)c3cccc4c3oc3ccccc34)ccc1-2. The van der Waals surface area contributed by atoms with Gasteiger partial charge in [0.15, 0.2) is 11.2 Å². The van der Waals surface area contributed by atoms with Crippen LogP contribution in [0.4, 0.5) is 34.1 Å². The molecule has 79 heavy (non-hydrogen) atoms. The first-order chi connectivity index (χ1) is 39.6. The van der Waals surface area contributed by atoms with E-state index in [1.165, 1.54) is 0 Å². The Balaban J connectivity index is 0.810. The maximum Gasteiger partial charge on any atom is 0.159 e. The van der Waals surface area contributed by atoms with Gasteiger partial charge in [-0.15, -0.1) is 0 Å². The van der Waals surface area contributed by atoms with Crippen molar-refractivity contribution < 1.29 is 10.2 Å². The molecular formula is C74H46N2O2S. The van der Waals surface area contributed by atoms with Gasteiger partial charge in [-0.1, -0.05) is 212 Å². The zero-order valence-electron chi connectivity index (χ0n) is 43.6. The Kier molecular flexibility index (Phi) is 10.2. The third kappa shape index (κ3) is 7.39. The van der Waals surface area contributed by atoms with E-state index in [0.717, 1.165) is 154 Å². The smallest absolute Gasteiger partial charge is 0.159 e. The second kappa shape index (κ2) is 18.3. The zero-order valence-corrected chi connectivity index (χ0v) is 43.4. The topological polar surface area (TPSA) is 32.8 Å². The number of para-hydroxylation sites is 6. The van der Waals surface area contributed by atoms with Crippen LogP contribution >= 0.6 is 11.8 Å². The Labute approximate surface area is 462 Å². The highest BCUT2D eigenvalue weighted by Gasteiger charge is 2.27. The lowest BCUT2D eigenvalue weighted by atomic mass is 9.91. The molecule has 370 valence electrons. The van der Waals surface area contributed by atoms with Crippen molar-refractivity contribution in [1.29, 1.82) is 0 Å². The van der Waals surface area contributed by atoms with E-state index in [-0.39, 0.29) is 0 Å². The van der Waals surface area contributed by atoms with Crippen molar-refractivity contribution in [2.75, 3.05) is 9.80 Å². The summed E-state index contributed by atoms with van der Waals surface area (Å²) in [5, 5.41) is 8.57. The van der Waals surface area contributed by atoms with E-state index in [0.29, 0.717) is 6.04 Å². The first-order valence-corrected chi connectivity index (χ1v) is 27.5. The fourth-order valence-corrected chi connectivity index (χ4v) is 13.3. The summed E-state index contributed by atoms with van der Waals surface area (Å²) in [6.07, 6.45) is 0. The molecule has 0 saturated heterocycles. The molecule has 2 aromatic heterocycles. The van der Waals surface area contributed by atoms with Gasteiger partial charge in [-0.25, -0.2) is 0 Å². The molecule has 4 nitrogen and oxygen atoms in total. The molecule has 0 unspecified atom stereocenters. The van der Waals surface area contributed by atoms with E-state index in [1.807, 2.05) is 24.3 Å². The van der Waals surface area contributed by atoms with Crippen molar-refractivity contribution in [3.63, 3.8) is 0 Å². The molecule has 1 aliphatic heterocycles. The van der Waals surface area contributed by atoms with Crippen LogP contribution in [0.5, 0.6) is 0 Å². The number of furan rings is 2. The van der Waals surface area contributed by atoms with E-state index >= 15 is 0 Å². The molecule has 13 aromatic carbocycles. The second-order valence-electron chi connectivity index (χ2n) is 20.2. The van der Waals surface area contributed by atoms with E-state index in [1.54, 1.807) is 11.8 Å². The summed E-state index contributed by atoms with van der Waals surface area (Å²) in [7, 11) is 0. The van der Waals surface area contributed by atoms with Crippen LogP contribution in [-0.4, -0.2) is 0 Å². The van der Waals surface area contributed by atoms with Gasteiger partial charge in [-0.05, 0) is 128 Å². The largest absolute Gasteiger partial charge is 0.454 e. The van der Waals surface area contributed by atoms with E-state index in [9.17, 15) is 1.37 Å². The van der Waals surface area contributed by atoms with Gasteiger partial charge in [-0.2, -0.15) is 0 Å². The Morgan fingerprint density at radius 3 is 1.43 bits per heavy atom. The van der Waals surface area contributed by atoms with Crippen molar-refractivity contribution in [1.82, 2.24) is 0 Å². The Morgan fingerprint density at radius 1 is 0.304 bits per heavy atom. The van der Waals surface area contributed by atoms with Gasteiger partial charge in [0, 0.05) is 59.2 Å². The molecule has 3 heterocycles. The summed E-state index contributed by atoms with van der Waals surface area (Å²) in [6, 6.07) is 97.2. The van der Waals surface area contributed by atoms with Crippen LogP contribution in [0, 0.1) is 0 Å². The lowest BCUT2D eigenvalue weighted by Gasteiger charge is -2.29. The molecule has 0 amide bonds. The number of hydrogen-bond donors (Lipinski definition) is 0. The highest BCUT2D eigenvalue weighted by molar-refractivity contribution is 7.99. The van der Waals surface area contributed by atoms with Crippen molar-refractivity contribution in [3.05, 3.63) is 279 Å². The molecule has 16 rings (SSSR count).